The second-order valence-corrected chi connectivity index (χ2v) is 14.7. The molecule has 0 radical (unpaired) electrons. The molecule has 4 aromatic carbocycles. The normalized spacial score (nSPS) is 13.9. The molecule has 252 valence electrons. The molecule has 8 nitrogen and oxygen atoms in total. The Morgan fingerprint density at radius 2 is 1.50 bits per heavy atom. The van der Waals surface area contributed by atoms with Crippen LogP contribution >= 0.6 is 23.2 Å². The van der Waals surface area contributed by atoms with Crippen molar-refractivity contribution < 1.29 is 22.7 Å². The standard InChI is InChI=1S/C37H39Cl2N3O5S/c1-48(45,46)42(32-18-20-33(21-19-32)47-26-28-12-6-3-7-13-28)25-36(43)41(24-29-16-17-30(38)23-34(29)39)35(22-27-10-4-2-5-11-27)37(44)40-31-14-8-9-15-31/h2-7,10-13,16-21,23,31,35H,8-9,14-15,22,24-26H2,1H3,(H,40,44)/t35-/m1/s1. The molecule has 11 heteroatoms. The molecule has 0 heterocycles. The summed E-state index contributed by atoms with van der Waals surface area (Å²) >= 11 is 12.7. The summed E-state index contributed by atoms with van der Waals surface area (Å²) in [5.74, 6) is -0.304. The van der Waals surface area contributed by atoms with Crippen molar-refractivity contribution in [2.45, 2.75) is 57.3 Å². The number of nitrogens with zero attached hydrogens (tertiary/aromatic N) is 2. The number of amides is 2. The van der Waals surface area contributed by atoms with Gasteiger partial charge in [-0.3, -0.25) is 13.9 Å². The van der Waals surface area contributed by atoms with Gasteiger partial charge >= 0.3 is 0 Å². The summed E-state index contributed by atoms with van der Waals surface area (Å²) in [6, 6.07) is 29.7. The molecule has 0 saturated heterocycles. The van der Waals surface area contributed by atoms with Gasteiger partial charge in [-0.15, -0.1) is 0 Å². The van der Waals surface area contributed by atoms with Crippen molar-refractivity contribution in [3.63, 3.8) is 0 Å². The Morgan fingerprint density at radius 3 is 2.10 bits per heavy atom. The van der Waals surface area contributed by atoms with E-state index in [0.717, 1.165) is 47.4 Å². The van der Waals surface area contributed by atoms with Gasteiger partial charge in [0.15, 0.2) is 0 Å². The summed E-state index contributed by atoms with van der Waals surface area (Å²) in [4.78, 5) is 29.9. The number of nitrogens with one attached hydrogen (secondary N) is 1. The molecular formula is C37H39Cl2N3O5S. The molecule has 1 aliphatic rings. The molecule has 0 unspecified atom stereocenters. The molecule has 1 atom stereocenters. The quantitative estimate of drug-likeness (QED) is 0.152. The Labute approximate surface area is 292 Å². The van der Waals surface area contributed by atoms with Crippen LogP contribution in [0.1, 0.15) is 42.4 Å². The van der Waals surface area contributed by atoms with Crippen LogP contribution in [-0.2, 0) is 39.2 Å². The molecule has 4 aromatic rings. The van der Waals surface area contributed by atoms with Gasteiger partial charge in [-0.25, -0.2) is 8.42 Å². The van der Waals surface area contributed by atoms with E-state index in [4.69, 9.17) is 27.9 Å². The molecule has 0 spiro atoms. The molecule has 0 aromatic heterocycles. The zero-order valence-electron chi connectivity index (χ0n) is 26.7. The molecule has 0 aliphatic heterocycles. The molecular weight excluding hydrogens is 669 g/mol. The lowest BCUT2D eigenvalue weighted by Gasteiger charge is -2.34. The molecule has 1 fully saturated rings. The van der Waals surface area contributed by atoms with Crippen molar-refractivity contribution in [3.8, 4) is 5.75 Å². The van der Waals surface area contributed by atoms with E-state index in [1.807, 2.05) is 60.7 Å². The Kier molecular flexibility index (Phi) is 12.0. The molecule has 1 N–H and O–H groups in total. The molecule has 0 bridgehead atoms. The number of carbonyl (C=O) groups excluding carboxylic acids is 2. The summed E-state index contributed by atoms with van der Waals surface area (Å²) in [6.07, 6.45) is 5.06. The van der Waals surface area contributed by atoms with E-state index in [2.05, 4.69) is 5.32 Å². The highest BCUT2D eigenvalue weighted by molar-refractivity contribution is 7.92. The number of ether oxygens (including phenoxy) is 1. The number of anilines is 1. The maximum Gasteiger partial charge on any atom is 0.244 e. The van der Waals surface area contributed by atoms with Crippen molar-refractivity contribution in [1.82, 2.24) is 10.2 Å². The third-order valence-electron chi connectivity index (χ3n) is 8.38. The lowest BCUT2D eigenvalue weighted by atomic mass is 10.0. The van der Waals surface area contributed by atoms with Crippen molar-refractivity contribution in [2.75, 3.05) is 17.1 Å². The van der Waals surface area contributed by atoms with Gasteiger partial charge in [-0.2, -0.15) is 0 Å². The van der Waals surface area contributed by atoms with Crippen molar-refractivity contribution in [2.24, 2.45) is 0 Å². The number of hydrogen-bond acceptors (Lipinski definition) is 5. The second kappa shape index (κ2) is 16.4. The molecule has 2 amide bonds. The van der Waals surface area contributed by atoms with Gasteiger partial charge in [0.05, 0.1) is 11.9 Å². The SMILES string of the molecule is CS(=O)(=O)N(CC(=O)N(Cc1ccc(Cl)cc1Cl)[C@H](Cc1ccccc1)C(=O)NC1CCCC1)c1ccc(OCc2ccccc2)cc1. The third kappa shape index (κ3) is 9.75. The Hall–Kier alpha value is -4.05. The van der Waals surface area contributed by atoms with Gasteiger partial charge in [0.2, 0.25) is 21.8 Å². The summed E-state index contributed by atoms with van der Waals surface area (Å²) in [6.45, 7) is -0.215. The van der Waals surface area contributed by atoms with Gasteiger partial charge in [0.1, 0.15) is 24.9 Å². The van der Waals surface area contributed by atoms with Gasteiger partial charge in [-0.05, 0) is 65.9 Å². The number of hydrogen-bond donors (Lipinski definition) is 1. The summed E-state index contributed by atoms with van der Waals surface area (Å²) in [7, 11) is -3.92. The van der Waals surface area contributed by atoms with E-state index < -0.39 is 28.5 Å². The number of halogens is 2. The zero-order valence-corrected chi connectivity index (χ0v) is 29.1. The van der Waals surface area contributed by atoms with Crippen molar-refractivity contribution >= 4 is 50.7 Å². The molecule has 48 heavy (non-hydrogen) atoms. The number of sulfonamides is 1. The largest absolute Gasteiger partial charge is 0.489 e. The van der Waals surface area contributed by atoms with E-state index in [1.165, 1.54) is 4.90 Å². The maximum absolute atomic E-state index is 14.4. The minimum Gasteiger partial charge on any atom is -0.489 e. The summed E-state index contributed by atoms with van der Waals surface area (Å²) in [5.41, 5.74) is 2.72. The fourth-order valence-electron chi connectivity index (χ4n) is 5.82. The third-order valence-corrected chi connectivity index (χ3v) is 10.1. The fraction of sp³-hybridized carbons (Fsp3) is 0.297. The maximum atomic E-state index is 14.4. The minimum absolute atomic E-state index is 0.0157. The first-order valence-corrected chi connectivity index (χ1v) is 18.5. The number of rotatable bonds is 14. The highest BCUT2D eigenvalue weighted by Gasteiger charge is 2.34. The molecule has 5 rings (SSSR count). The van der Waals surface area contributed by atoms with Crippen LogP contribution in [-0.4, -0.2) is 50.0 Å². The number of carbonyl (C=O) groups is 2. The summed E-state index contributed by atoms with van der Waals surface area (Å²) < 4.78 is 33.3. The Bertz CT molecular complexity index is 1790. The van der Waals surface area contributed by atoms with Crippen LogP contribution in [0.3, 0.4) is 0 Å². The van der Waals surface area contributed by atoms with E-state index in [0.29, 0.717) is 28.0 Å². The van der Waals surface area contributed by atoms with E-state index >= 15 is 0 Å². The van der Waals surface area contributed by atoms with Crippen LogP contribution in [0.25, 0.3) is 0 Å². The van der Waals surface area contributed by atoms with Gasteiger partial charge in [-0.1, -0.05) is 103 Å². The minimum atomic E-state index is -3.92. The first-order chi connectivity index (χ1) is 23.1. The zero-order chi connectivity index (χ0) is 34.1. The Balaban J connectivity index is 1.45. The summed E-state index contributed by atoms with van der Waals surface area (Å²) in [5, 5.41) is 3.92. The highest BCUT2D eigenvalue weighted by Crippen LogP contribution is 2.27. The average Bonchev–Trinajstić information content (AvgIpc) is 3.59. The van der Waals surface area contributed by atoms with Crippen LogP contribution in [0.15, 0.2) is 103 Å². The number of benzene rings is 4. The predicted molar refractivity (Wildman–Crippen MR) is 191 cm³/mol. The van der Waals surface area contributed by atoms with Crippen LogP contribution in [0.4, 0.5) is 5.69 Å². The average molecular weight is 709 g/mol. The Morgan fingerprint density at radius 1 is 0.875 bits per heavy atom. The van der Waals surface area contributed by atoms with Gasteiger partial charge in [0.25, 0.3) is 0 Å². The second-order valence-electron chi connectivity index (χ2n) is 12.0. The first kappa shape index (κ1) is 35.3. The van der Waals surface area contributed by atoms with Crippen molar-refractivity contribution in [3.05, 3.63) is 130 Å². The van der Waals surface area contributed by atoms with Crippen molar-refractivity contribution in [1.29, 1.82) is 0 Å². The fourth-order valence-corrected chi connectivity index (χ4v) is 7.14. The van der Waals surface area contributed by atoms with Crippen LogP contribution in [0, 0.1) is 0 Å². The monoisotopic (exact) mass is 707 g/mol. The first-order valence-electron chi connectivity index (χ1n) is 15.9. The van der Waals surface area contributed by atoms with E-state index in [-0.39, 0.29) is 30.6 Å². The van der Waals surface area contributed by atoms with E-state index in [9.17, 15) is 18.0 Å². The van der Waals surface area contributed by atoms with E-state index in [1.54, 1.807) is 42.5 Å². The predicted octanol–water partition coefficient (Wildman–Crippen LogP) is 7.04. The topological polar surface area (TPSA) is 96.0 Å². The lowest BCUT2D eigenvalue weighted by molar-refractivity contribution is -0.140. The van der Waals surface area contributed by atoms with Crippen LogP contribution in [0.2, 0.25) is 10.0 Å². The molecule has 1 aliphatic carbocycles. The molecule has 1 saturated carbocycles. The van der Waals surface area contributed by atoms with Gasteiger partial charge < -0.3 is 15.0 Å². The van der Waals surface area contributed by atoms with Crippen LogP contribution in [0.5, 0.6) is 5.75 Å². The highest BCUT2D eigenvalue weighted by atomic mass is 35.5. The smallest absolute Gasteiger partial charge is 0.244 e. The van der Waals surface area contributed by atoms with Crippen LogP contribution < -0.4 is 14.4 Å². The lowest BCUT2D eigenvalue weighted by Crippen LogP contribution is -2.54. The van der Waals surface area contributed by atoms with Gasteiger partial charge in [0, 0.05) is 29.1 Å².